The van der Waals surface area contributed by atoms with Gasteiger partial charge in [0.15, 0.2) is 0 Å². The minimum atomic E-state index is -0.478. The maximum Gasteiger partial charge on any atom is 0.123 e. The molecule has 0 unspecified atom stereocenters. The van der Waals surface area contributed by atoms with Gasteiger partial charge in [0.05, 0.1) is 12.7 Å². The monoisotopic (exact) mass is 452 g/mol. The summed E-state index contributed by atoms with van der Waals surface area (Å²) in [4.78, 5) is 4.63. The van der Waals surface area contributed by atoms with Gasteiger partial charge >= 0.3 is 0 Å². The zero-order valence-corrected chi connectivity index (χ0v) is 18.6. The van der Waals surface area contributed by atoms with Crippen molar-refractivity contribution in [3.63, 3.8) is 0 Å². The Morgan fingerprint density at radius 2 is 1.21 bits per heavy atom. The highest BCUT2D eigenvalue weighted by Crippen LogP contribution is 2.26. The lowest BCUT2D eigenvalue weighted by Gasteiger charge is -2.35. The molecular formula is C27H30F2N2O2. The third-order valence-electron chi connectivity index (χ3n) is 6.12. The number of hydrogen-bond donors (Lipinski definition) is 1. The highest BCUT2D eigenvalue weighted by Gasteiger charge is 2.21. The summed E-state index contributed by atoms with van der Waals surface area (Å²) in [5.41, 5.74) is 2.62. The second-order valence-electron chi connectivity index (χ2n) is 8.42. The molecule has 174 valence electrons. The first-order valence-corrected chi connectivity index (χ1v) is 11.4. The topological polar surface area (TPSA) is 35.9 Å². The van der Waals surface area contributed by atoms with Gasteiger partial charge in [-0.3, -0.25) is 9.80 Å². The molecule has 0 amide bonds. The van der Waals surface area contributed by atoms with E-state index in [1.807, 2.05) is 30.3 Å². The minimum absolute atomic E-state index is 0.299. The number of benzene rings is 3. The van der Waals surface area contributed by atoms with Crippen LogP contribution in [0, 0.1) is 11.6 Å². The summed E-state index contributed by atoms with van der Waals surface area (Å²) in [6.07, 6.45) is -0.859. The van der Waals surface area contributed by atoms with Crippen molar-refractivity contribution in [3.8, 4) is 0 Å². The van der Waals surface area contributed by atoms with E-state index in [1.165, 1.54) is 24.3 Å². The number of aliphatic hydroxyl groups excluding tert-OH is 1. The van der Waals surface area contributed by atoms with Gasteiger partial charge in [-0.1, -0.05) is 54.6 Å². The fourth-order valence-corrected chi connectivity index (χ4v) is 4.18. The van der Waals surface area contributed by atoms with Crippen molar-refractivity contribution in [1.82, 2.24) is 9.80 Å². The van der Waals surface area contributed by atoms with E-state index in [4.69, 9.17) is 4.74 Å². The van der Waals surface area contributed by atoms with Crippen molar-refractivity contribution in [1.29, 1.82) is 0 Å². The van der Waals surface area contributed by atoms with Crippen LogP contribution >= 0.6 is 0 Å². The second kappa shape index (κ2) is 11.5. The Hall–Kier alpha value is -2.64. The first kappa shape index (κ1) is 23.5. The van der Waals surface area contributed by atoms with Gasteiger partial charge in [0, 0.05) is 39.3 Å². The van der Waals surface area contributed by atoms with Crippen molar-refractivity contribution in [2.75, 3.05) is 45.9 Å². The molecule has 6 heteroatoms. The number of hydrogen-bond acceptors (Lipinski definition) is 4. The van der Waals surface area contributed by atoms with Crippen LogP contribution in [0.15, 0.2) is 78.9 Å². The zero-order valence-electron chi connectivity index (χ0n) is 18.6. The number of aliphatic hydroxyl groups is 1. The zero-order chi connectivity index (χ0) is 23.0. The molecule has 1 fully saturated rings. The van der Waals surface area contributed by atoms with Crippen molar-refractivity contribution >= 4 is 0 Å². The molecule has 1 aliphatic heterocycles. The molecule has 0 aliphatic carbocycles. The van der Waals surface area contributed by atoms with E-state index in [-0.39, 0.29) is 17.7 Å². The van der Waals surface area contributed by atoms with Crippen LogP contribution in [0.1, 0.15) is 28.9 Å². The van der Waals surface area contributed by atoms with Gasteiger partial charge in [0.2, 0.25) is 0 Å². The molecule has 0 bridgehead atoms. The summed E-state index contributed by atoms with van der Waals surface area (Å²) >= 11 is 0. The summed E-state index contributed by atoms with van der Waals surface area (Å²) < 4.78 is 33.0. The molecule has 4 rings (SSSR count). The van der Waals surface area contributed by atoms with Crippen LogP contribution in [-0.2, 0) is 4.74 Å². The van der Waals surface area contributed by atoms with Crippen LogP contribution in [0.5, 0.6) is 0 Å². The molecule has 3 aromatic rings. The van der Waals surface area contributed by atoms with E-state index in [2.05, 4.69) is 9.80 Å². The van der Waals surface area contributed by atoms with Crippen LogP contribution in [0.4, 0.5) is 8.78 Å². The van der Waals surface area contributed by atoms with Crippen LogP contribution in [0.25, 0.3) is 0 Å². The van der Waals surface area contributed by atoms with Gasteiger partial charge in [0.1, 0.15) is 17.7 Å². The van der Waals surface area contributed by atoms with E-state index in [9.17, 15) is 13.9 Å². The van der Waals surface area contributed by atoms with Crippen molar-refractivity contribution in [2.45, 2.75) is 12.2 Å². The first-order chi connectivity index (χ1) is 16.1. The Morgan fingerprint density at radius 3 is 1.76 bits per heavy atom. The van der Waals surface area contributed by atoms with Gasteiger partial charge in [-0.2, -0.15) is 0 Å². The number of nitrogens with zero attached hydrogens (tertiary/aromatic N) is 2. The van der Waals surface area contributed by atoms with Crippen LogP contribution in [0.2, 0.25) is 0 Å². The Balaban J connectivity index is 1.27. The summed E-state index contributed by atoms with van der Waals surface area (Å²) in [5.74, 6) is -0.598. The smallest absolute Gasteiger partial charge is 0.123 e. The maximum atomic E-state index is 13.4. The molecule has 1 N–H and O–H groups in total. The molecular weight excluding hydrogens is 422 g/mol. The number of piperazine rings is 1. The predicted molar refractivity (Wildman–Crippen MR) is 125 cm³/mol. The number of β-amino-alcohol motifs (C(OH)–C–C–N with tert-alkyl or cyclic N) is 1. The third-order valence-corrected chi connectivity index (χ3v) is 6.12. The van der Waals surface area contributed by atoms with E-state index in [0.29, 0.717) is 13.2 Å². The van der Waals surface area contributed by atoms with Crippen molar-refractivity contribution in [2.24, 2.45) is 0 Å². The fourth-order valence-electron chi connectivity index (χ4n) is 4.18. The molecule has 1 saturated heterocycles. The number of ether oxygens (including phenoxy) is 1. The molecule has 33 heavy (non-hydrogen) atoms. The molecule has 1 aliphatic rings. The van der Waals surface area contributed by atoms with E-state index in [1.54, 1.807) is 24.3 Å². The molecule has 0 saturated carbocycles. The molecule has 0 radical (unpaired) electrons. The molecule has 0 spiro atoms. The van der Waals surface area contributed by atoms with Gasteiger partial charge in [-0.15, -0.1) is 0 Å². The van der Waals surface area contributed by atoms with Gasteiger partial charge < -0.3 is 9.84 Å². The average Bonchev–Trinajstić information content (AvgIpc) is 2.85. The van der Waals surface area contributed by atoms with Crippen LogP contribution in [0.3, 0.4) is 0 Å². The van der Waals surface area contributed by atoms with Crippen molar-refractivity contribution < 1.29 is 18.6 Å². The van der Waals surface area contributed by atoms with Gasteiger partial charge in [0.25, 0.3) is 0 Å². The minimum Gasteiger partial charge on any atom is -0.387 e. The van der Waals surface area contributed by atoms with Crippen LogP contribution in [-0.4, -0.2) is 60.8 Å². The van der Waals surface area contributed by atoms with Crippen LogP contribution < -0.4 is 0 Å². The Morgan fingerprint density at radius 1 is 0.697 bits per heavy atom. The van der Waals surface area contributed by atoms with E-state index in [0.717, 1.165) is 49.4 Å². The quantitative estimate of drug-likeness (QED) is 0.521. The standard InChI is InChI=1S/C27H30F2N2O2/c28-24-10-6-22(7-11-24)27(23-8-12-25(29)13-9-23)33-19-18-30-14-16-31(17-15-30)20-26(32)21-4-2-1-3-5-21/h1-13,26-27,32H,14-20H2/t26-/m1/s1. The lowest BCUT2D eigenvalue weighted by Crippen LogP contribution is -2.48. The fraction of sp³-hybridized carbons (Fsp3) is 0.333. The Bertz CT molecular complexity index is 930. The maximum absolute atomic E-state index is 13.4. The largest absolute Gasteiger partial charge is 0.387 e. The normalized spacial score (nSPS) is 16.2. The lowest BCUT2D eigenvalue weighted by molar-refractivity contribution is 0.0350. The van der Waals surface area contributed by atoms with E-state index >= 15 is 0 Å². The number of rotatable bonds is 9. The average molecular weight is 453 g/mol. The third kappa shape index (κ3) is 6.68. The second-order valence-corrected chi connectivity index (χ2v) is 8.42. The summed E-state index contributed by atoms with van der Waals surface area (Å²) in [5, 5.41) is 10.5. The highest BCUT2D eigenvalue weighted by atomic mass is 19.1. The molecule has 1 heterocycles. The highest BCUT2D eigenvalue weighted by molar-refractivity contribution is 5.30. The molecule has 4 nitrogen and oxygen atoms in total. The first-order valence-electron chi connectivity index (χ1n) is 11.4. The Kier molecular flexibility index (Phi) is 8.18. The summed E-state index contributed by atoms with van der Waals surface area (Å²) in [6, 6.07) is 22.2. The molecule has 1 atom stereocenters. The molecule has 3 aromatic carbocycles. The summed E-state index contributed by atoms with van der Waals surface area (Å²) in [7, 11) is 0. The summed E-state index contributed by atoms with van der Waals surface area (Å²) in [6.45, 7) is 5.50. The predicted octanol–water partition coefficient (Wildman–Crippen LogP) is 4.42. The SMILES string of the molecule is O[C@H](CN1CCN(CCOC(c2ccc(F)cc2)c2ccc(F)cc2)CC1)c1ccccc1. The van der Waals surface area contributed by atoms with Gasteiger partial charge in [-0.05, 0) is 41.0 Å². The van der Waals surface area contributed by atoms with Crippen molar-refractivity contribution in [3.05, 3.63) is 107 Å². The lowest BCUT2D eigenvalue weighted by atomic mass is 10.0. The molecule has 0 aromatic heterocycles. The van der Waals surface area contributed by atoms with Gasteiger partial charge in [-0.25, -0.2) is 8.78 Å². The number of halogens is 2. The Labute approximate surface area is 194 Å². The van der Waals surface area contributed by atoms with E-state index < -0.39 is 6.10 Å².